The van der Waals surface area contributed by atoms with Gasteiger partial charge in [-0.15, -0.1) is 4.91 Å². The highest BCUT2D eigenvalue weighted by molar-refractivity contribution is 4.29. The van der Waals surface area contributed by atoms with Gasteiger partial charge in [0.25, 0.3) is 0 Å². The van der Waals surface area contributed by atoms with E-state index in [1.54, 1.807) is 0 Å². The van der Waals surface area contributed by atoms with Crippen LogP contribution in [0.3, 0.4) is 0 Å². The van der Waals surface area contributed by atoms with Crippen molar-refractivity contribution in [3.05, 3.63) is 4.91 Å². The highest BCUT2D eigenvalue weighted by atomic mass is 16.3. The molecule has 0 saturated heterocycles. The monoisotopic (exact) mass is 90.1 g/mol. The van der Waals surface area contributed by atoms with Gasteiger partial charge in [0, 0.05) is 16.3 Å². The molecule has 36 valence electrons. The minimum absolute atomic E-state index is 0.0729. The van der Waals surface area contributed by atoms with E-state index in [0.717, 1.165) is 5.01 Å². The van der Waals surface area contributed by atoms with Gasteiger partial charge in [0.2, 0.25) is 0 Å². The van der Waals surface area contributed by atoms with Gasteiger partial charge in [0.15, 0.2) is 0 Å². The van der Waals surface area contributed by atoms with Crippen LogP contribution in [0.5, 0.6) is 0 Å². The zero-order valence-corrected chi connectivity index (χ0v) is 3.59. The molecule has 0 N–H and O–H groups in total. The van der Waals surface area contributed by atoms with Crippen molar-refractivity contribution >= 4 is 0 Å². The summed E-state index contributed by atoms with van der Waals surface area (Å²) in [6, 6.07) is 0. The lowest BCUT2D eigenvalue weighted by Gasteiger charge is -1.99. The molecule has 0 aliphatic rings. The van der Waals surface area contributed by atoms with E-state index in [0.29, 0.717) is 0 Å². The molecule has 0 aliphatic heterocycles. The van der Waals surface area contributed by atoms with Gasteiger partial charge in [-0.2, -0.15) is 0 Å². The maximum atomic E-state index is 9.55. The first-order chi connectivity index (χ1) is 3.66. The average molecular weight is 90.1 g/mol. The normalized spacial score (nSPS) is 13.0. The minimum Gasteiger partial charge on any atom is -0.264 e. The van der Waals surface area contributed by atoms with Gasteiger partial charge in [0.1, 0.15) is 0 Å². The van der Waals surface area contributed by atoms with Gasteiger partial charge in [-0.05, 0) is 6.88 Å². The summed E-state index contributed by atoms with van der Waals surface area (Å²) in [5.41, 5.74) is 0. The Kier molecular flexibility index (Phi) is 1.12. The smallest absolute Gasteiger partial charge is 0.0521 e. The molecule has 3 heteroatoms. The van der Waals surface area contributed by atoms with Gasteiger partial charge in [0.05, 0.1) is 5.29 Å². The highest BCUT2D eigenvalue weighted by Gasteiger charge is 1.80. The molecule has 0 aromatic rings. The first-order valence-electron chi connectivity index (χ1n) is 2.71. The van der Waals surface area contributed by atoms with Crippen molar-refractivity contribution in [1.29, 1.82) is 0 Å². The summed E-state index contributed by atoms with van der Waals surface area (Å²) < 4.78 is 13.3. The van der Waals surface area contributed by atoms with Crippen LogP contribution in [0.25, 0.3) is 0 Å². The molecule has 0 atom stereocenters. The van der Waals surface area contributed by atoms with Crippen LogP contribution in [-0.2, 0) is 0 Å². The van der Waals surface area contributed by atoms with E-state index in [-0.39, 0.29) is 6.54 Å². The third-order valence-electron chi connectivity index (χ3n) is 0.404. The average Bonchev–Trinajstić information content (AvgIpc) is 1.65. The van der Waals surface area contributed by atoms with Crippen molar-refractivity contribution in [3.8, 4) is 0 Å². The number of nitrogens with zero attached hydrogens (tertiary/aromatic N) is 2. The Balaban J connectivity index is 3.23. The molecule has 0 saturated carbocycles. The number of hydrogen-bond donors (Lipinski definition) is 0. The molecule has 0 aromatic heterocycles. The van der Waals surface area contributed by atoms with Crippen LogP contribution in [0.1, 0.15) is 9.62 Å². The van der Waals surface area contributed by atoms with Crippen molar-refractivity contribution < 1.29 is 2.74 Å². The van der Waals surface area contributed by atoms with E-state index < -0.39 is 6.88 Å². The van der Waals surface area contributed by atoms with Crippen LogP contribution in [0.2, 0.25) is 0 Å². The molecule has 0 radical (unpaired) electrons. The Morgan fingerprint density at radius 3 is 3.00 bits per heavy atom. The van der Waals surface area contributed by atoms with E-state index in [4.69, 9.17) is 2.74 Å². The number of rotatable bonds is 2. The largest absolute Gasteiger partial charge is 0.264 e. The third-order valence-corrected chi connectivity index (χ3v) is 0.404. The Morgan fingerprint density at radius 2 is 2.83 bits per heavy atom. The first-order valence-corrected chi connectivity index (χ1v) is 1.55. The molecule has 0 fully saturated rings. The maximum Gasteiger partial charge on any atom is 0.0521 e. The standard InChI is InChI=1S/C3H8N2O/c1-3-5(2)4-6/h3H2,1-2H3/i1D2. The van der Waals surface area contributed by atoms with E-state index in [9.17, 15) is 4.91 Å². The van der Waals surface area contributed by atoms with Gasteiger partial charge in [-0.3, -0.25) is 5.01 Å². The van der Waals surface area contributed by atoms with E-state index >= 15 is 0 Å². The molecule has 0 bridgehead atoms. The van der Waals surface area contributed by atoms with Crippen molar-refractivity contribution in [3.63, 3.8) is 0 Å². The van der Waals surface area contributed by atoms with Gasteiger partial charge in [-0.1, -0.05) is 0 Å². The van der Waals surface area contributed by atoms with Crippen LogP contribution in [0.4, 0.5) is 0 Å². The van der Waals surface area contributed by atoms with Gasteiger partial charge in [-0.25, -0.2) is 0 Å². The molecule has 0 heterocycles. The molecule has 0 aromatic carbocycles. The molecular formula is C3H8N2O. The molecule has 0 aliphatic carbocycles. The molecule has 0 rings (SSSR count). The van der Waals surface area contributed by atoms with Gasteiger partial charge >= 0.3 is 0 Å². The summed E-state index contributed by atoms with van der Waals surface area (Å²) >= 11 is 0. The Hall–Kier alpha value is -0.600. The lowest BCUT2D eigenvalue weighted by molar-refractivity contribution is 0.370. The fourth-order valence-electron chi connectivity index (χ4n) is 0.0333. The van der Waals surface area contributed by atoms with Crippen molar-refractivity contribution in [2.75, 3.05) is 13.6 Å². The summed E-state index contributed by atoms with van der Waals surface area (Å²) in [5, 5.41) is 3.49. The van der Waals surface area contributed by atoms with Crippen LogP contribution < -0.4 is 0 Å². The molecule has 3 nitrogen and oxygen atoms in total. The SMILES string of the molecule is [2H]C([2H])CN(C)N=O. The molecule has 0 spiro atoms. The van der Waals surface area contributed by atoms with Crippen molar-refractivity contribution in [2.45, 2.75) is 6.88 Å². The fraction of sp³-hybridized carbons (Fsp3) is 1.00. The minimum atomic E-state index is -0.988. The summed E-state index contributed by atoms with van der Waals surface area (Å²) in [6.07, 6.45) is 0. The number of nitroso groups, excluding NO2 is 1. The van der Waals surface area contributed by atoms with Crippen LogP contribution in [0.15, 0.2) is 5.29 Å². The van der Waals surface area contributed by atoms with Crippen LogP contribution >= 0.6 is 0 Å². The Bertz CT molecular complexity index is 77.7. The zero-order valence-electron chi connectivity index (χ0n) is 5.59. The van der Waals surface area contributed by atoms with Crippen LogP contribution in [-0.4, -0.2) is 18.6 Å². The molecule has 6 heavy (non-hydrogen) atoms. The molecule has 0 amide bonds. The predicted octanol–water partition coefficient (Wildman–Crippen LogP) is 0.620. The zero-order chi connectivity index (χ0) is 6.57. The lowest BCUT2D eigenvalue weighted by Crippen LogP contribution is -2.06. The van der Waals surface area contributed by atoms with Crippen molar-refractivity contribution in [1.82, 2.24) is 5.01 Å². The summed E-state index contributed by atoms with van der Waals surface area (Å²) in [7, 11) is 1.43. The van der Waals surface area contributed by atoms with Gasteiger partial charge < -0.3 is 0 Å². The van der Waals surface area contributed by atoms with E-state index in [1.165, 1.54) is 7.05 Å². The maximum absolute atomic E-state index is 9.55. The van der Waals surface area contributed by atoms with Crippen LogP contribution in [0, 0.1) is 4.91 Å². The fourth-order valence-corrected chi connectivity index (χ4v) is 0.0333. The Morgan fingerprint density at radius 1 is 2.17 bits per heavy atom. The third kappa shape index (κ3) is 1.69. The Labute approximate surface area is 39.7 Å². The second-order valence-corrected chi connectivity index (χ2v) is 0.922. The quantitative estimate of drug-likeness (QED) is 0.368. The predicted molar refractivity (Wildman–Crippen MR) is 24.1 cm³/mol. The second kappa shape index (κ2) is 2.63. The second-order valence-electron chi connectivity index (χ2n) is 0.922. The van der Waals surface area contributed by atoms with Crippen molar-refractivity contribution in [2.24, 2.45) is 5.29 Å². The summed E-state index contributed by atoms with van der Waals surface area (Å²) in [6.45, 7) is -0.915. The highest BCUT2D eigenvalue weighted by Crippen LogP contribution is 1.74. The molecule has 0 unspecified atom stereocenters. The molecular weight excluding hydrogens is 80.0 g/mol. The summed E-state index contributed by atoms with van der Waals surface area (Å²) in [4.78, 5) is 9.55. The van der Waals surface area contributed by atoms with E-state index in [1.807, 2.05) is 0 Å². The first kappa shape index (κ1) is 2.55. The lowest BCUT2D eigenvalue weighted by atomic mass is 10.8. The van der Waals surface area contributed by atoms with E-state index in [2.05, 4.69) is 5.29 Å². The topological polar surface area (TPSA) is 32.7 Å². The summed E-state index contributed by atoms with van der Waals surface area (Å²) in [5.74, 6) is 0. The number of hydrogen-bond acceptors (Lipinski definition) is 2.